The minimum absolute atomic E-state index is 0.0892. The molecule has 0 radical (unpaired) electrons. The zero-order valence-electron chi connectivity index (χ0n) is 20.9. The first-order chi connectivity index (χ1) is 19.2. The van der Waals surface area contributed by atoms with Gasteiger partial charge < -0.3 is 4.57 Å². The zero-order chi connectivity index (χ0) is 29.9. The van der Waals surface area contributed by atoms with Gasteiger partial charge in [-0.15, -0.1) is 0 Å². The topological polar surface area (TPSA) is 118 Å². The van der Waals surface area contributed by atoms with Crippen LogP contribution >= 0.6 is 22.6 Å². The molecule has 17 heteroatoms. The molecule has 0 spiro atoms. The van der Waals surface area contributed by atoms with E-state index in [1.807, 2.05) is 0 Å². The number of imidazole rings is 1. The van der Waals surface area contributed by atoms with Gasteiger partial charge in [-0.1, -0.05) is 6.92 Å². The van der Waals surface area contributed by atoms with E-state index >= 15 is 0 Å². The lowest BCUT2D eigenvalue weighted by Gasteiger charge is -2.19. The number of hydrogen-bond donors (Lipinski definition) is 0. The Kier molecular flexibility index (Phi) is 6.99. The molecule has 10 nitrogen and oxygen atoms in total. The minimum Gasteiger partial charge on any atom is -0.310 e. The number of hydrogen-bond acceptors (Lipinski definition) is 7. The van der Waals surface area contributed by atoms with E-state index in [4.69, 9.17) is 0 Å². The predicted molar refractivity (Wildman–Crippen MR) is 145 cm³/mol. The Hall–Kier alpha value is -3.74. The van der Waals surface area contributed by atoms with Crippen molar-refractivity contribution in [2.45, 2.75) is 23.9 Å². The highest BCUT2D eigenvalue weighted by Crippen LogP contribution is 2.44. The van der Waals surface area contributed by atoms with E-state index in [9.17, 15) is 35.2 Å². The van der Waals surface area contributed by atoms with E-state index in [-0.39, 0.29) is 39.1 Å². The number of rotatable bonds is 6. The maximum Gasteiger partial charge on any atom is 0.458 e. The summed E-state index contributed by atoms with van der Waals surface area (Å²) in [7, 11) is -2.58. The highest BCUT2D eigenvalue weighted by atomic mass is 127. The molecule has 0 saturated carbocycles. The molecule has 0 amide bonds. The number of fused-ring (bicyclic) bond motifs is 1. The van der Waals surface area contributed by atoms with Gasteiger partial charge in [0.1, 0.15) is 17.5 Å². The third-order valence-corrected chi connectivity index (χ3v) is 8.67. The van der Waals surface area contributed by atoms with E-state index in [1.54, 1.807) is 24.3 Å². The number of halogens is 6. The first-order valence-corrected chi connectivity index (χ1v) is 14.3. The number of sulfone groups is 1. The van der Waals surface area contributed by atoms with E-state index in [1.165, 1.54) is 41.6 Å². The van der Waals surface area contributed by atoms with Gasteiger partial charge in [-0.05, 0) is 65.1 Å². The Morgan fingerprint density at radius 1 is 1.00 bits per heavy atom. The van der Waals surface area contributed by atoms with Crippen molar-refractivity contribution in [1.82, 2.24) is 33.9 Å². The van der Waals surface area contributed by atoms with Crippen LogP contribution in [0.3, 0.4) is 0 Å². The fraction of sp³-hybridized carbons (Fsp3) is 0.208. The molecule has 0 fully saturated rings. The van der Waals surface area contributed by atoms with Crippen molar-refractivity contribution in [3.8, 4) is 23.0 Å². The SMILES string of the molecule is CCS(=O)(=O)c1ccc(-n2ncn(-c3ccc(I)cc3)c2=O)nc1-c1nc2cc(C(F)(F)C(F)(F)F)cnc2n1C. The normalized spacial score (nSPS) is 12.8. The maximum atomic E-state index is 14.0. The summed E-state index contributed by atoms with van der Waals surface area (Å²) >= 11 is 2.11. The third-order valence-electron chi connectivity index (χ3n) is 6.19. The molecule has 0 aliphatic heterocycles. The number of benzene rings is 1. The average molecular weight is 705 g/mol. The van der Waals surface area contributed by atoms with Gasteiger partial charge in [-0.3, -0.25) is 0 Å². The van der Waals surface area contributed by atoms with Gasteiger partial charge in [-0.2, -0.15) is 31.7 Å². The van der Waals surface area contributed by atoms with Crippen molar-refractivity contribution >= 4 is 43.6 Å². The van der Waals surface area contributed by atoms with Crippen molar-refractivity contribution in [3.05, 3.63) is 74.6 Å². The molecule has 5 aromatic rings. The van der Waals surface area contributed by atoms with Gasteiger partial charge in [0.2, 0.25) is 0 Å². The number of alkyl halides is 5. The van der Waals surface area contributed by atoms with Gasteiger partial charge in [0.25, 0.3) is 0 Å². The van der Waals surface area contributed by atoms with Crippen molar-refractivity contribution in [3.63, 3.8) is 0 Å². The first-order valence-electron chi connectivity index (χ1n) is 11.6. The highest BCUT2D eigenvalue weighted by Gasteiger charge is 2.59. The number of aromatic nitrogens is 7. The fourth-order valence-electron chi connectivity index (χ4n) is 3.98. The average Bonchev–Trinajstić information content (AvgIpc) is 3.47. The smallest absolute Gasteiger partial charge is 0.310 e. The molecule has 0 unspecified atom stereocenters. The second-order valence-corrected chi connectivity index (χ2v) is 12.2. The van der Waals surface area contributed by atoms with Crippen LogP contribution in [0.2, 0.25) is 0 Å². The van der Waals surface area contributed by atoms with Gasteiger partial charge in [0.05, 0.1) is 21.9 Å². The van der Waals surface area contributed by atoms with Crippen LogP contribution in [0.4, 0.5) is 22.0 Å². The molecular weight excluding hydrogens is 688 g/mol. The van der Waals surface area contributed by atoms with Crippen molar-refractivity contribution in [2.24, 2.45) is 7.05 Å². The molecule has 0 N–H and O–H groups in total. The Labute approximate surface area is 241 Å². The van der Waals surface area contributed by atoms with Crippen LogP contribution in [0.5, 0.6) is 0 Å². The summed E-state index contributed by atoms with van der Waals surface area (Å²) in [5, 5.41) is 4.08. The van der Waals surface area contributed by atoms with Crippen LogP contribution < -0.4 is 5.69 Å². The van der Waals surface area contributed by atoms with Crippen LogP contribution in [0.15, 0.2) is 64.7 Å². The zero-order valence-corrected chi connectivity index (χ0v) is 23.9. The molecule has 4 aromatic heterocycles. The largest absolute Gasteiger partial charge is 0.458 e. The van der Waals surface area contributed by atoms with Crippen molar-refractivity contribution in [2.75, 3.05) is 5.75 Å². The Morgan fingerprint density at radius 2 is 1.68 bits per heavy atom. The molecule has 4 heterocycles. The van der Waals surface area contributed by atoms with Crippen LogP contribution in [0, 0.1) is 3.57 Å². The quantitative estimate of drug-likeness (QED) is 0.190. The summed E-state index contributed by atoms with van der Waals surface area (Å²) in [6.45, 7) is 1.39. The van der Waals surface area contributed by atoms with Crippen LogP contribution in [-0.4, -0.2) is 54.2 Å². The number of pyridine rings is 2. The highest BCUT2D eigenvalue weighted by molar-refractivity contribution is 14.1. The molecule has 0 aliphatic rings. The molecule has 5 rings (SSSR count). The van der Waals surface area contributed by atoms with Crippen molar-refractivity contribution in [1.29, 1.82) is 0 Å². The van der Waals surface area contributed by atoms with E-state index in [0.717, 1.165) is 8.25 Å². The summed E-state index contributed by atoms with van der Waals surface area (Å²) in [5.41, 5.74) is -2.27. The molecule has 1 aromatic carbocycles. The van der Waals surface area contributed by atoms with Crippen LogP contribution in [0.25, 0.3) is 34.2 Å². The number of nitrogens with zero attached hydrogens (tertiary/aromatic N) is 7. The van der Waals surface area contributed by atoms with Gasteiger partial charge in [0.15, 0.2) is 27.1 Å². The lowest BCUT2D eigenvalue weighted by Crippen LogP contribution is -2.33. The van der Waals surface area contributed by atoms with Gasteiger partial charge in [0, 0.05) is 16.8 Å². The molecule has 41 heavy (non-hydrogen) atoms. The Bertz CT molecular complexity index is 1970. The van der Waals surface area contributed by atoms with Gasteiger partial charge in [-0.25, -0.2) is 32.7 Å². The van der Waals surface area contributed by atoms with E-state index in [0.29, 0.717) is 18.0 Å². The summed E-state index contributed by atoms with van der Waals surface area (Å²) in [4.78, 5) is 25.1. The molecular formula is C24H17F5IN7O3S. The minimum atomic E-state index is -5.87. The summed E-state index contributed by atoms with van der Waals surface area (Å²) in [6, 6.07) is 9.98. The maximum absolute atomic E-state index is 14.0. The Balaban J connectivity index is 1.70. The van der Waals surface area contributed by atoms with Crippen LogP contribution in [0.1, 0.15) is 12.5 Å². The molecule has 0 bridgehead atoms. The standard InChI is InChI=1S/C24H17F5IN7O3S/c1-3-41(39,40)17-8-9-18(37-22(38)36(12-32-37)15-6-4-14(30)5-7-15)34-19(17)21-33-16-10-13(11-31-20(16)35(21)2)23(25,26)24(27,28)29/h4-12H,3H2,1-2H3. The van der Waals surface area contributed by atoms with Gasteiger partial charge >= 0.3 is 17.8 Å². The monoisotopic (exact) mass is 705 g/mol. The summed E-state index contributed by atoms with van der Waals surface area (Å²) in [6.07, 6.45) is -4.23. The van der Waals surface area contributed by atoms with Crippen molar-refractivity contribution < 1.29 is 30.4 Å². The third kappa shape index (κ3) is 4.89. The van der Waals surface area contributed by atoms with E-state index < -0.39 is 33.2 Å². The predicted octanol–water partition coefficient (Wildman–Crippen LogP) is 4.42. The summed E-state index contributed by atoms with van der Waals surface area (Å²) < 4.78 is 97.0. The fourth-order valence-corrected chi connectivity index (χ4v) is 5.36. The molecule has 0 saturated heterocycles. The second-order valence-electron chi connectivity index (χ2n) is 8.72. The number of aryl methyl sites for hydroxylation is 1. The molecule has 214 valence electrons. The lowest BCUT2D eigenvalue weighted by molar-refractivity contribution is -0.289. The van der Waals surface area contributed by atoms with Crippen LogP contribution in [-0.2, 0) is 22.8 Å². The second kappa shape index (κ2) is 9.97. The molecule has 0 aliphatic carbocycles. The van der Waals surface area contributed by atoms with E-state index in [2.05, 4.69) is 42.6 Å². The molecule has 0 atom stereocenters. The summed E-state index contributed by atoms with van der Waals surface area (Å²) in [5.74, 6) is -5.82. The Morgan fingerprint density at radius 3 is 2.32 bits per heavy atom. The first kappa shape index (κ1) is 28.8. The lowest BCUT2D eigenvalue weighted by atomic mass is 10.1.